The molecule has 2 spiro atoms. The molecule has 0 fully saturated rings. The highest BCUT2D eigenvalue weighted by molar-refractivity contribution is 6.22. The van der Waals surface area contributed by atoms with Crippen LogP contribution in [0.25, 0.3) is 60.5 Å². The van der Waals surface area contributed by atoms with E-state index in [0.717, 1.165) is 0 Å². The molecule has 0 unspecified atom stereocenters. The van der Waals surface area contributed by atoms with Gasteiger partial charge in [0.1, 0.15) is 0 Å². The van der Waals surface area contributed by atoms with Crippen LogP contribution in [0.15, 0.2) is 212 Å². The summed E-state index contributed by atoms with van der Waals surface area (Å²) in [5.74, 6) is 0. The third kappa shape index (κ3) is 3.59. The molecule has 3 aliphatic carbocycles. The van der Waals surface area contributed by atoms with E-state index in [9.17, 15) is 0 Å². The molecule has 9 aromatic rings. The van der Waals surface area contributed by atoms with Crippen LogP contribution in [0.3, 0.4) is 0 Å². The Bertz CT molecular complexity index is 3090. The van der Waals surface area contributed by atoms with Crippen LogP contribution in [0.1, 0.15) is 33.4 Å². The average Bonchev–Trinajstić information content (AvgIpc) is 3.85. The van der Waals surface area contributed by atoms with Gasteiger partial charge in [-0.2, -0.15) is 0 Å². The molecule has 0 bridgehead atoms. The molecule has 0 aliphatic heterocycles. The molecule has 12 rings (SSSR count). The molecule has 1 heterocycles. The number of para-hydroxylation sites is 1. The highest BCUT2D eigenvalue weighted by atomic mass is 15.0. The van der Waals surface area contributed by atoms with Crippen LogP contribution in [0.4, 0.5) is 0 Å². The summed E-state index contributed by atoms with van der Waals surface area (Å²) in [5.41, 5.74) is 16.6. The summed E-state index contributed by atoms with van der Waals surface area (Å²) in [6, 6.07) is 68.4. The van der Waals surface area contributed by atoms with Gasteiger partial charge in [0.05, 0.1) is 21.9 Å². The first kappa shape index (κ1) is 30.5. The van der Waals surface area contributed by atoms with Crippen molar-refractivity contribution in [1.29, 1.82) is 0 Å². The van der Waals surface area contributed by atoms with Crippen molar-refractivity contribution >= 4 is 38.3 Å². The predicted octanol–water partition coefficient (Wildman–Crippen LogP) is 13.2. The quantitative estimate of drug-likeness (QED) is 0.162. The zero-order chi connectivity index (χ0) is 36.3. The number of aromatic nitrogens is 1. The van der Waals surface area contributed by atoms with Gasteiger partial charge in [-0.25, -0.2) is 0 Å². The Morgan fingerprint density at radius 1 is 0.400 bits per heavy atom. The van der Waals surface area contributed by atoms with Crippen molar-refractivity contribution in [3.8, 4) is 22.3 Å². The Morgan fingerprint density at radius 2 is 0.855 bits per heavy atom. The van der Waals surface area contributed by atoms with E-state index < -0.39 is 10.8 Å². The monoisotopic (exact) mass is 697 g/mol. The molecular formula is C54H35N. The van der Waals surface area contributed by atoms with Gasteiger partial charge in [-0.1, -0.05) is 195 Å². The van der Waals surface area contributed by atoms with Crippen molar-refractivity contribution in [3.05, 3.63) is 246 Å². The lowest BCUT2D eigenvalue weighted by atomic mass is 9.53. The fraction of sp³-hybridized carbons (Fsp3) is 0.0370. The van der Waals surface area contributed by atoms with Crippen molar-refractivity contribution in [2.45, 2.75) is 10.8 Å². The van der Waals surface area contributed by atoms with Gasteiger partial charge in [0, 0.05) is 16.5 Å². The first-order valence-corrected chi connectivity index (χ1v) is 19.2. The fourth-order valence-electron chi connectivity index (χ4n) is 11.0. The van der Waals surface area contributed by atoms with Crippen LogP contribution in [-0.2, 0) is 10.8 Å². The van der Waals surface area contributed by atoms with E-state index in [1.165, 1.54) is 99.5 Å². The number of hydrogen-bond acceptors (Lipinski definition) is 0. The number of hydrogen-bond donors (Lipinski definition) is 0. The van der Waals surface area contributed by atoms with E-state index in [1.807, 2.05) is 6.08 Å². The Hall–Kier alpha value is -6.96. The Kier molecular flexibility index (Phi) is 6.12. The van der Waals surface area contributed by atoms with Crippen molar-refractivity contribution in [3.63, 3.8) is 0 Å². The number of nitrogens with zero attached hydrogens (tertiary/aromatic N) is 1. The van der Waals surface area contributed by atoms with E-state index in [1.54, 1.807) is 0 Å². The standard InChI is InChI=1S/C54H35N/c1-2-3-25-48-52(55-49-32-17-10-24-41(49)51-36-19-5-4-18-35(36)33-34-50(51)55)54(44-28-13-8-22-39(44)40-23-9-14-29-45(40)54)47-31-16-15-30-46(47)53(48)42-26-11-6-20-37(42)38-21-7-12-27-43(38)53/h2-34H,1H2/b25-3-. The smallest absolute Gasteiger partial charge is 0.0876 e. The van der Waals surface area contributed by atoms with Gasteiger partial charge < -0.3 is 4.57 Å². The molecule has 1 heteroatoms. The molecule has 0 amide bonds. The summed E-state index contributed by atoms with van der Waals surface area (Å²) in [6.07, 6.45) is 6.50. The molecule has 0 saturated heterocycles. The molecule has 55 heavy (non-hydrogen) atoms. The normalized spacial score (nSPS) is 15.5. The van der Waals surface area contributed by atoms with E-state index >= 15 is 0 Å². The van der Waals surface area contributed by atoms with Gasteiger partial charge >= 0.3 is 0 Å². The molecule has 0 atom stereocenters. The zero-order valence-corrected chi connectivity index (χ0v) is 30.2. The van der Waals surface area contributed by atoms with Gasteiger partial charge in [0.25, 0.3) is 0 Å². The van der Waals surface area contributed by atoms with Crippen LogP contribution >= 0.6 is 0 Å². The van der Waals surface area contributed by atoms with Gasteiger partial charge in [-0.3, -0.25) is 0 Å². The number of rotatable bonds is 3. The van der Waals surface area contributed by atoms with E-state index in [-0.39, 0.29) is 0 Å². The lowest BCUT2D eigenvalue weighted by molar-refractivity contribution is 0.655. The van der Waals surface area contributed by atoms with Gasteiger partial charge in [0.15, 0.2) is 0 Å². The largest absolute Gasteiger partial charge is 0.311 e. The Labute approximate surface area is 320 Å². The third-order valence-electron chi connectivity index (χ3n) is 12.8. The molecule has 3 aliphatic rings. The maximum absolute atomic E-state index is 4.26. The second-order valence-corrected chi connectivity index (χ2v) is 15.1. The average molecular weight is 698 g/mol. The SMILES string of the molecule is C=C/C=C\C1=C(n2c3ccccc3c3c4ccccc4ccc32)C2(c3ccccc3-c3ccccc32)c2ccccc2C12c1ccccc1-c1ccccc12. The summed E-state index contributed by atoms with van der Waals surface area (Å²) in [7, 11) is 0. The maximum Gasteiger partial charge on any atom is 0.0876 e. The van der Waals surface area contributed by atoms with E-state index in [0.29, 0.717) is 0 Å². The molecule has 8 aromatic carbocycles. The molecule has 0 N–H and O–H groups in total. The van der Waals surface area contributed by atoms with Crippen LogP contribution in [0.5, 0.6) is 0 Å². The first-order chi connectivity index (χ1) is 27.3. The highest BCUT2D eigenvalue weighted by Gasteiger charge is 2.60. The molecule has 1 aromatic heterocycles. The summed E-state index contributed by atoms with van der Waals surface area (Å²) < 4.78 is 2.65. The zero-order valence-electron chi connectivity index (χ0n) is 30.2. The Morgan fingerprint density at radius 3 is 1.44 bits per heavy atom. The van der Waals surface area contributed by atoms with Gasteiger partial charge in [-0.05, 0) is 84.1 Å². The van der Waals surface area contributed by atoms with E-state index in [4.69, 9.17) is 0 Å². The minimum absolute atomic E-state index is 0.620. The van der Waals surface area contributed by atoms with Crippen LogP contribution < -0.4 is 0 Å². The molecule has 1 nitrogen and oxygen atoms in total. The van der Waals surface area contributed by atoms with E-state index in [2.05, 4.69) is 205 Å². The topological polar surface area (TPSA) is 4.93 Å². The second kappa shape index (κ2) is 11.0. The summed E-state index contributed by atoms with van der Waals surface area (Å²) in [6.45, 7) is 4.26. The summed E-state index contributed by atoms with van der Waals surface area (Å²) in [5, 5.41) is 5.04. The predicted molar refractivity (Wildman–Crippen MR) is 229 cm³/mol. The minimum Gasteiger partial charge on any atom is -0.311 e. The molecule has 0 radical (unpaired) electrons. The number of fused-ring (bicyclic) bond motifs is 18. The number of benzene rings is 8. The van der Waals surface area contributed by atoms with Crippen molar-refractivity contribution in [2.24, 2.45) is 0 Å². The molecular weight excluding hydrogens is 663 g/mol. The van der Waals surface area contributed by atoms with Gasteiger partial charge in [-0.15, -0.1) is 0 Å². The summed E-state index contributed by atoms with van der Waals surface area (Å²) >= 11 is 0. The third-order valence-corrected chi connectivity index (χ3v) is 12.8. The van der Waals surface area contributed by atoms with Crippen molar-refractivity contribution in [1.82, 2.24) is 4.57 Å². The first-order valence-electron chi connectivity index (χ1n) is 19.2. The second-order valence-electron chi connectivity index (χ2n) is 15.1. The van der Waals surface area contributed by atoms with Gasteiger partial charge in [0.2, 0.25) is 0 Å². The lowest BCUT2D eigenvalue weighted by Crippen LogP contribution is -2.44. The Balaban J connectivity index is 1.42. The van der Waals surface area contributed by atoms with Crippen LogP contribution in [0.2, 0.25) is 0 Å². The van der Waals surface area contributed by atoms with Crippen LogP contribution in [-0.4, -0.2) is 4.57 Å². The van der Waals surface area contributed by atoms with Crippen molar-refractivity contribution < 1.29 is 0 Å². The van der Waals surface area contributed by atoms with Crippen LogP contribution in [0, 0.1) is 0 Å². The molecule has 256 valence electrons. The molecule has 0 saturated carbocycles. The number of allylic oxidation sites excluding steroid dienone is 5. The summed E-state index contributed by atoms with van der Waals surface area (Å²) in [4.78, 5) is 0. The maximum atomic E-state index is 4.26. The highest BCUT2D eigenvalue weighted by Crippen LogP contribution is 2.69. The minimum atomic E-state index is -0.664. The van der Waals surface area contributed by atoms with Crippen molar-refractivity contribution in [2.75, 3.05) is 0 Å². The lowest BCUT2D eigenvalue weighted by Gasteiger charge is -2.50. The fourth-order valence-corrected chi connectivity index (χ4v) is 11.0.